The van der Waals surface area contributed by atoms with E-state index >= 15 is 0 Å². The first-order chi connectivity index (χ1) is 9.33. The van der Waals surface area contributed by atoms with Gasteiger partial charge in [0, 0.05) is 24.2 Å². The molecule has 0 amide bonds. The quantitative estimate of drug-likeness (QED) is 0.720. The van der Waals surface area contributed by atoms with Crippen molar-refractivity contribution in [1.29, 1.82) is 0 Å². The molecule has 5 heteroatoms. The molecule has 0 saturated heterocycles. The maximum Gasteiger partial charge on any atom is 0.0991 e. The summed E-state index contributed by atoms with van der Waals surface area (Å²) in [7, 11) is 0. The Morgan fingerprint density at radius 1 is 1.16 bits per heavy atom. The Morgan fingerprint density at radius 2 is 2.00 bits per heavy atom. The molecule has 0 aliphatic rings. The van der Waals surface area contributed by atoms with E-state index in [1.165, 1.54) is 0 Å². The molecule has 0 aliphatic carbocycles. The first-order valence-electron chi connectivity index (χ1n) is 6.66. The van der Waals surface area contributed by atoms with Crippen LogP contribution in [-0.4, -0.2) is 24.4 Å². The molecule has 0 fully saturated rings. The fourth-order valence-electron chi connectivity index (χ4n) is 2.40. The minimum atomic E-state index is 0.457. The summed E-state index contributed by atoms with van der Waals surface area (Å²) >= 11 is 0. The first kappa shape index (κ1) is 11.9. The molecular formula is C14H17N5. The van der Waals surface area contributed by atoms with Crippen molar-refractivity contribution in [3.63, 3.8) is 0 Å². The van der Waals surface area contributed by atoms with Gasteiger partial charge in [0.1, 0.15) is 0 Å². The van der Waals surface area contributed by atoms with Crippen LogP contribution < -0.4 is 0 Å². The van der Waals surface area contributed by atoms with Crippen LogP contribution in [0.2, 0.25) is 0 Å². The van der Waals surface area contributed by atoms with Crippen molar-refractivity contribution >= 4 is 5.52 Å². The van der Waals surface area contributed by atoms with Gasteiger partial charge in [0.2, 0.25) is 0 Å². The molecule has 0 spiro atoms. The molecule has 0 atom stereocenters. The summed E-state index contributed by atoms with van der Waals surface area (Å²) in [4.78, 5) is 4.46. The molecule has 0 aliphatic heterocycles. The Balaban J connectivity index is 2.05. The summed E-state index contributed by atoms with van der Waals surface area (Å²) in [5, 5.41) is 8.70. The van der Waals surface area contributed by atoms with Gasteiger partial charge in [-0.05, 0) is 18.9 Å². The van der Waals surface area contributed by atoms with E-state index in [0.29, 0.717) is 6.04 Å². The van der Waals surface area contributed by atoms with E-state index in [1.807, 2.05) is 27.7 Å². The van der Waals surface area contributed by atoms with E-state index in [9.17, 15) is 0 Å². The van der Waals surface area contributed by atoms with Crippen molar-refractivity contribution in [2.75, 3.05) is 0 Å². The van der Waals surface area contributed by atoms with Gasteiger partial charge in [0.25, 0.3) is 0 Å². The Hall–Kier alpha value is -2.17. The van der Waals surface area contributed by atoms with Crippen molar-refractivity contribution in [3.05, 3.63) is 37.1 Å². The van der Waals surface area contributed by atoms with Gasteiger partial charge in [-0.25, -0.2) is 4.52 Å². The van der Waals surface area contributed by atoms with Crippen molar-refractivity contribution in [2.45, 2.75) is 32.7 Å². The van der Waals surface area contributed by atoms with Crippen LogP contribution in [0.15, 0.2) is 37.1 Å². The van der Waals surface area contributed by atoms with E-state index in [0.717, 1.165) is 29.6 Å². The maximum absolute atomic E-state index is 4.47. The lowest BCUT2D eigenvalue weighted by Gasteiger charge is -2.12. The largest absolute Gasteiger partial charge is 0.269 e. The standard InChI is InChI=1S/C14H17N5/c1-3-12(4-2)19-10-11(9-17-19)14-13-5-6-16-18(13)8-7-15-14/h5-10,12H,3-4H2,1-2H3. The molecule has 0 saturated carbocycles. The summed E-state index contributed by atoms with van der Waals surface area (Å²) < 4.78 is 3.87. The Kier molecular flexibility index (Phi) is 3.03. The van der Waals surface area contributed by atoms with Crippen LogP contribution in [0.1, 0.15) is 32.7 Å². The zero-order valence-corrected chi connectivity index (χ0v) is 11.2. The highest BCUT2D eigenvalue weighted by atomic mass is 15.3. The number of fused-ring (bicyclic) bond motifs is 1. The normalized spacial score (nSPS) is 11.5. The molecule has 0 radical (unpaired) electrons. The van der Waals surface area contributed by atoms with Crippen LogP contribution in [-0.2, 0) is 0 Å². The predicted octanol–water partition coefficient (Wildman–Crippen LogP) is 2.95. The fourth-order valence-corrected chi connectivity index (χ4v) is 2.40. The highest BCUT2D eigenvalue weighted by Crippen LogP contribution is 2.23. The van der Waals surface area contributed by atoms with E-state index in [2.05, 4.69) is 35.2 Å². The molecule has 5 nitrogen and oxygen atoms in total. The number of hydrogen-bond acceptors (Lipinski definition) is 3. The van der Waals surface area contributed by atoms with Crippen LogP contribution in [0.5, 0.6) is 0 Å². The van der Waals surface area contributed by atoms with E-state index in [1.54, 1.807) is 12.4 Å². The molecule has 3 rings (SSSR count). The van der Waals surface area contributed by atoms with Crippen molar-refractivity contribution < 1.29 is 0 Å². The van der Waals surface area contributed by atoms with Gasteiger partial charge in [-0.1, -0.05) is 13.8 Å². The highest BCUT2D eigenvalue weighted by molar-refractivity contribution is 5.75. The van der Waals surface area contributed by atoms with E-state index in [-0.39, 0.29) is 0 Å². The Labute approximate surface area is 111 Å². The average Bonchev–Trinajstić information content (AvgIpc) is 3.08. The second kappa shape index (κ2) is 4.84. The van der Waals surface area contributed by atoms with Crippen molar-refractivity contribution in [3.8, 4) is 11.3 Å². The van der Waals surface area contributed by atoms with Gasteiger partial charge in [-0.2, -0.15) is 10.2 Å². The van der Waals surface area contributed by atoms with Gasteiger partial charge >= 0.3 is 0 Å². The molecule has 19 heavy (non-hydrogen) atoms. The van der Waals surface area contributed by atoms with E-state index in [4.69, 9.17) is 0 Å². The zero-order valence-electron chi connectivity index (χ0n) is 11.2. The topological polar surface area (TPSA) is 48.0 Å². The Morgan fingerprint density at radius 3 is 2.79 bits per heavy atom. The van der Waals surface area contributed by atoms with Crippen molar-refractivity contribution in [2.24, 2.45) is 0 Å². The van der Waals surface area contributed by atoms with Gasteiger partial charge in [-0.15, -0.1) is 0 Å². The lowest BCUT2D eigenvalue weighted by Crippen LogP contribution is -2.06. The minimum absolute atomic E-state index is 0.457. The monoisotopic (exact) mass is 255 g/mol. The molecule has 3 aromatic heterocycles. The third kappa shape index (κ3) is 2.01. The molecule has 0 N–H and O–H groups in total. The molecular weight excluding hydrogens is 238 g/mol. The lowest BCUT2D eigenvalue weighted by atomic mass is 10.2. The molecule has 0 unspecified atom stereocenters. The summed E-state index contributed by atoms with van der Waals surface area (Å²) in [5.74, 6) is 0. The van der Waals surface area contributed by atoms with E-state index < -0.39 is 0 Å². The highest BCUT2D eigenvalue weighted by Gasteiger charge is 2.12. The van der Waals surface area contributed by atoms with Gasteiger partial charge in [0.05, 0.1) is 29.6 Å². The van der Waals surface area contributed by atoms with Gasteiger partial charge < -0.3 is 0 Å². The molecule has 3 aromatic rings. The summed E-state index contributed by atoms with van der Waals surface area (Å²) in [6, 6.07) is 2.43. The number of aromatic nitrogens is 5. The Bertz CT molecular complexity index is 678. The van der Waals surface area contributed by atoms with Crippen molar-refractivity contribution in [1.82, 2.24) is 24.4 Å². The lowest BCUT2D eigenvalue weighted by molar-refractivity contribution is 0.428. The van der Waals surface area contributed by atoms with Crippen LogP contribution in [0.25, 0.3) is 16.8 Å². The zero-order chi connectivity index (χ0) is 13.2. The third-order valence-electron chi connectivity index (χ3n) is 3.52. The number of hydrogen-bond donors (Lipinski definition) is 0. The molecule has 3 heterocycles. The first-order valence-corrected chi connectivity index (χ1v) is 6.66. The fraction of sp³-hybridized carbons (Fsp3) is 0.357. The third-order valence-corrected chi connectivity index (χ3v) is 3.52. The molecule has 0 bridgehead atoms. The van der Waals surface area contributed by atoms with Crippen LogP contribution in [0.3, 0.4) is 0 Å². The second-order valence-electron chi connectivity index (χ2n) is 4.62. The summed E-state index contributed by atoms with van der Waals surface area (Å²) in [5.41, 5.74) is 2.97. The van der Waals surface area contributed by atoms with Gasteiger partial charge in [0.15, 0.2) is 0 Å². The van der Waals surface area contributed by atoms with Gasteiger partial charge in [-0.3, -0.25) is 9.67 Å². The average molecular weight is 255 g/mol. The summed E-state index contributed by atoms with van der Waals surface area (Å²) in [6.45, 7) is 4.37. The maximum atomic E-state index is 4.47. The smallest absolute Gasteiger partial charge is 0.0991 e. The number of rotatable bonds is 4. The predicted molar refractivity (Wildman–Crippen MR) is 73.8 cm³/mol. The van der Waals surface area contributed by atoms with Crippen LogP contribution >= 0.6 is 0 Å². The number of nitrogens with zero attached hydrogens (tertiary/aromatic N) is 5. The van der Waals surface area contributed by atoms with Crippen LogP contribution in [0, 0.1) is 0 Å². The minimum Gasteiger partial charge on any atom is -0.269 e. The molecule has 0 aromatic carbocycles. The molecule has 98 valence electrons. The van der Waals surface area contributed by atoms with Crippen LogP contribution in [0.4, 0.5) is 0 Å². The second-order valence-corrected chi connectivity index (χ2v) is 4.62. The summed E-state index contributed by atoms with van der Waals surface area (Å²) in [6.07, 6.45) is 11.5. The SMILES string of the molecule is CCC(CC)n1cc(-c2nccn3nccc23)cn1.